The van der Waals surface area contributed by atoms with Gasteiger partial charge in [-0.1, -0.05) is 6.92 Å². The van der Waals surface area contributed by atoms with Gasteiger partial charge in [0.15, 0.2) is 0 Å². The number of fused-ring (bicyclic) bond motifs is 1. The zero-order valence-electron chi connectivity index (χ0n) is 18.6. The standard InChI is InChI=1S/C25H31FN4O2/c1-16-4-10-19(11-5-16)29-14-12-21-20(15-29)24(31)28-23(27-21)22-3-2-13-30(22)25(32)17-6-8-18(26)9-7-17/h6-9,16,19,22H,2-5,10-15H2,1H3,(H,27,28,31). The van der Waals surface area contributed by atoms with Crippen molar-refractivity contribution in [2.45, 2.75) is 70.5 Å². The van der Waals surface area contributed by atoms with Gasteiger partial charge in [0.25, 0.3) is 11.5 Å². The van der Waals surface area contributed by atoms with Gasteiger partial charge in [-0.3, -0.25) is 14.5 Å². The highest BCUT2D eigenvalue weighted by molar-refractivity contribution is 5.94. The van der Waals surface area contributed by atoms with Crippen LogP contribution in [-0.4, -0.2) is 44.8 Å². The van der Waals surface area contributed by atoms with E-state index < -0.39 is 0 Å². The highest BCUT2D eigenvalue weighted by atomic mass is 19.1. The molecule has 1 N–H and O–H groups in total. The molecule has 1 amide bonds. The van der Waals surface area contributed by atoms with E-state index >= 15 is 0 Å². The van der Waals surface area contributed by atoms with Gasteiger partial charge < -0.3 is 9.88 Å². The molecule has 3 heterocycles. The molecule has 0 radical (unpaired) electrons. The Morgan fingerprint density at radius 3 is 2.59 bits per heavy atom. The summed E-state index contributed by atoms with van der Waals surface area (Å²) < 4.78 is 13.3. The molecule has 2 aliphatic heterocycles. The predicted octanol–water partition coefficient (Wildman–Crippen LogP) is 3.82. The van der Waals surface area contributed by atoms with Gasteiger partial charge in [-0.25, -0.2) is 9.37 Å². The zero-order valence-corrected chi connectivity index (χ0v) is 18.6. The van der Waals surface area contributed by atoms with E-state index in [9.17, 15) is 14.0 Å². The lowest BCUT2D eigenvalue weighted by atomic mass is 9.86. The van der Waals surface area contributed by atoms with E-state index in [0.29, 0.717) is 30.5 Å². The first-order valence-electron chi connectivity index (χ1n) is 11.9. The number of carbonyl (C=O) groups is 1. The lowest BCUT2D eigenvalue weighted by Crippen LogP contribution is -2.44. The van der Waals surface area contributed by atoms with Crippen LogP contribution < -0.4 is 5.56 Å². The van der Waals surface area contributed by atoms with Crippen LogP contribution in [0, 0.1) is 11.7 Å². The quantitative estimate of drug-likeness (QED) is 0.791. The van der Waals surface area contributed by atoms with Crippen molar-refractivity contribution in [3.63, 3.8) is 0 Å². The second-order valence-corrected chi connectivity index (χ2v) is 9.67. The van der Waals surface area contributed by atoms with Crippen LogP contribution in [0.4, 0.5) is 4.39 Å². The number of likely N-dealkylation sites (tertiary alicyclic amines) is 1. The molecule has 0 spiro atoms. The SMILES string of the molecule is CC1CCC(N2CCc3nc(C4CCCN4C(=O)c4ccc(F)cc4)[nH]c(=O)c3C2)CC1. The van der Waals surface area contributed by atoms with Gasteiger partial charge in [0.2, 0.25) is 0 Å². The third-order valence-electron chi connectivity index (χ3n) is 7.54. The molecular formula is C25H31FN4O2. The maximum Gasteiger partial charge on any atom is 0.255 e. The summed E-state index contributed by atoms with van der Waals surface area (Å²) in [5.74, 6) is 0.882. The van der Waals surface area contributed by atoms with Gasteiger partial charge in [0.05, 0.1) is 17.3 Å². The highest BCUT2D eigenvalue weighted by Crippen LogP contribution is 2.33. The minimum Gasteiger partial charge on any atom is -0.328 e. The Balaban J connectivity index is 1.35. The Bertz CT molecular complexity index is 1040. The molecule has 1 aromatic heterocycles. The van der Waals surface area contributed by atoms with Crippen molar-refractivity contribution in [3.05, 3.63) is 63.1 Å². The lowest BCUT2D eigenvalue weighted by Gasteiger charge is -2.38. The number of hydrogen-bond donors (Lipinski definition) is 1. The van der Waals surface area contributed by atoms with Gasteiger partial charge in [0.1, 0.15) is 11.6 Å². The fourth-order valence-electron chi connectivity index (χ4n) is 5.59. The number of aromatic nitrogens is 2. The zero-order chi connectivity index (χ0) is 22.2. The summed E-state index contributed by atoms with van der Waals surface area (Å²) in [6, 6.07) is 5.94. The predicted molar refractivity (Wildman–Crippen MR) is 120 cm³/mol. The summed E-state index contributed by atoms with van der Waals surface area (Å²) >= 11 is 0. The van der Waals surface area contributed by atoms with Gasteiger partial charge >= 0.3 is 0 Å². The van der Waals surface area contributed by atoms with E-state index in [1.165, 1.54) is 49.9 Å². The van der Waals surface area contributed by atoms with Crippen molar-refractivity contribution in [1.82, 2.24) is 19.8 Å². The Morgan fingerprint density at radius 1 is 1.09 bits per heavy atom. The summed E-state index contributed by atoms with van der Waals surface area (Å²) in [6.07, 6.45) is 7.34. The first-order chi connectivity index (χ1) is 15.5. The topological polar surface area (TPSA) is 69.3 Å². The van der Waals surface area contributed by atoms with Gasteiger partial charge in [0, 0.05) is 37.7 Å². The average molecular weight is 439 g/mol. The molecule has 170 valence electrons. The van der Waals surface area contributed by atoms with E-state index in [4.69, 9.17) is 4.98 Å². The molecule has 2 fully saturated rings. The van der Waals surface area contributed by atoms with Crippen LogP contribution >= 0.6 is 0 Å². The van der Waals surface area contributed by atoms with Crippen LogP contribution in [-0.2, 0) is 13.0 Å². The van der Waals surface area contributed by atoms with Crippen LogP contribution in [0.1, 0.15) is 78.9 Å². The lowest BCUT2D eigenvalue weighted by molar-refractivity contribution is 0.0729. The van der Waals surface area contributed by atoms with Crippen LogP contribution in [0.3, 0.4) is 0 Å². The third-order valence-corrected chi connectivity index (χ3v) is 7.54. The fraction of sp³-hybridized carbons (Fsp3) is 0.560. The normalized spacial score (nSPS) is 26.2. The Labute approximate surface area is 187 Å². The van der Waals surface area contributed by atoms with E-state index in [1.54, 1.807) is 4.90 Å². The highest BCUT2D eigenvalue weighted by Gasteiger charge is 2.34. The summed E-state index contributed by atoms with van der Waals surface area (Å²) in [5.41, 5.74) is 2.05. The van der Waals surface area contributed by atoms with Gasteiger partial charge in [-0.15, -0.1) is 0 Å². The Hall–Kier alpha value is -2.54. The molecular weight excluding hydrogens is 407 g/mol. The molecule has 5 rings (SSSR count). The van der Waals surface area contributed by atoms with Crippen LogP contribution in [0.25, 0.3) is 0 Å². The van der Waals surface area contributed by atoms with Crippen LogP contribution in [0.5, 0.6) is 0 Å². The molecule has 32 heavy (non-hydrogen) atoms. The molecule has 1 unspecified atom stereocenters. The number of rotatable bonds is 3. The molecule has 7 heteroatoms. The molecule has 3 aliphatic rings. The first-order valence-corrected chi connectivity index (χ1v) is 11.9. The summed E-state index contributed by atoms with van der Waals surface area (Å²) in [4.78, 5) is 38.2. The maximum absolute atomic E-state index is 13.3. The number of nitrogens with one attached hydrogen (secondary N) is 1. The monoisotopic (exact) mass is 438 g/mol. The minimum absolute atomic E-state index is 0.0695. The Kier molecular flexibility index (Phi) is 5.84. The second kappa shape index (κ2) is 8.77. The van der Waals surface area contributed by atoms with E-state index in [-0.39, 0.29) is 23.3 Å². The third kappa shape index (κ3) is 4.10. The van der Waals surface area contributed by atoms with Crippen LogP contribution in [0.2, 0.25) is 0 Å². The smallest absolute Gasteiger partial charge is 0.255 e. The molecule has 1 atom stereocenters. The van der Waals surface area contributed by atoms with Crippen molar-refractivity contribution >= 4 is 5.91 Å². The van der Waals surface area contributed by atoms with E-state index in [1.807, 2.05) is 0 Å². The summed E-state index contributed by atoms with van der Waals surface area (Å²) in [6.45, 7) is 4.53. The van der Waals surface area contributed by atoms with Gasteiger partial charge in [-0.05, 0) is 68.7 Å². The second-order valence-electron chi connectivity index (χ2n) is 9.67. The first kappa shape index (κ1) is 21.3. The average Bonchev–Trinajstić information content (AvgIpc) is 3.29. The molecule has 1 saturated carbocycles. The van der Waals surface area contributed by atoms with Crippen molar-refractivity contribution in [3.8, 4) is 0 Å². The number of hydrogen-bond acceptors (Lipinski definition) is 4. The van der Waals surface area contributed by atoms with Crippen molar-refractivity contribution < 1.29 is 9.18 Å². The number of carbonyl (C=O) groups excluding carboxylic acids is 1. The van der Waals surface area contributed by atoms with Crippen LogP contribution in [0.15, 0.2) is 29.1 Å². The number of benzene rings is 1. The molecule has 6 nitrogen and oxygen atoms in total. The number of nitrogens with zero attached hydrogens (tertiary/aromatic N) is 3. The van der Waals surface area contributed by atoms with E-state index in [2.05, 4.69) is 16.8 Å². The molecule has 2 aromatic rings. The molecule has 1 aromatic carbocycles. The summed E-state index contributed by atoms with van der Waals surface area (Å²) in [5, 5.41) is 0. The molecule has 1 aliphatic carbocycles. The Morgan fingerprint density at radius 2 is 1.84 bits per heavy atom. The minimum atomic E-state index is -0.364. The number of amides is 1. The van der Waals surface area contributed by atoms with Crippen molar-refractivity contribution in [1.29, 1.82) is 0 Å². The molecule has 0 bridgehead atoms. The number of H-pyrrole nitrogens is 1. The van der Waals surface area contributed by atoms with Gasteiger partial charge in [-0.2, -0.15) is 0 Å². The summed E-state index contributed by atoms with van der Waals surface area (Å²) in [7, 11) is 0. The maximum atomic E-state index is 13.3. The van der Waals surface area contributed by atoms with E-state index in [0.717, 1.165) is 43.0 Å². The fourth-order valence-corrected chi connectivity index (χ4v) is 5.59. The molecule has 1 saturated heterocycles. The largest absolute Gasteiger partial charge is 0.328 e. The van der Waals surface area contributed by atoms with Crippen molar-refractivity contribution in [2.75, 3.05) is 13.1 Å². The number of halogens is 1. The van der Waals surface area contributed by atoms with Crippen molar-refractivity contribution in [2.24, 2.45) is 5.92 Å². The number of aromatic amines is 1.